The van der Waals surface area contributed by atoms with Crippen LogP contribution in [0.15, 0.2) is 60.9 Å². The zero-order valence-corrected chi connectivity index (χ0v) is 12.7. The number of hydrogen-bond acceptors (Lipinski definition) is 1. The molecule has 0 spiro atoms. The molecule has 0 aliphatic heterocycles. The molecule has 2 aromatic carbocycles. The van der Waals surface area contributed by atoms with Gasteiger partial charge in [0.2, 0.25) is 0 Å². The number of rotatable bonds is 2. The van der Waals surface area contributed by atoms with E-state index in [-0.39, 0.29) is 0 Å². The average Bonchev–Trinajstić information content (AvgIpc) is 2.49. The molecule has 0 saturated carbocycles. The predicted octanol–water partition coefficient (Wildman–Crippen LogP) is 3.86. The second-order valence-corrected chi connectivity index (χ2v) is 5.40. The number of hydrogen-bond donors (Lipinski definition) is 0. The first-order valence-electron chi connectivity index (χ1n) is 7.14. The van der Waals surface area contributed by atoms with Crippen LogP contribution in [0.25, 0.3) is 22.5 Å². The lowest BCUT2D eigenvalue weighted by Gasteiger charge is -2.07. The van der Waals surface area contributed by atoms with E-state index in [9.17, 15) is 0 Å². The van der Waals surface area contributed by atoms with Gasteiger partial charge in [-0.25, -0.2) is 4.57 Å². The van der Waals surface area contributed by atoms with Crippen molar-refractivity contribution in [1.82, 2.24) is 4.98 Å². The largest absolute Gasteiger partial charge is 0.287 e. The average molecular weight is 275 g/mol. The zero-order valence-electron chi connectivity index (χ0n) is 12.7. The van der Waals surface area contributed by atoms with E-state index >= 15 is 0 Å². The molecule has 0 N–H and O–H groups in total. The number of nitrogens with zero attached hydrogens (tertiary/aromatic N) is 2. The number of aryl methyl sites for hydroxylation is 3. The summed E-state index contributed by atoms with van der Waals surface area (Å²) in [4.78, 5) is 4.59. The Morgan fingerprint density at radius 2 is 1.38 bits per heavy atom. The van der Waals surface area contributed by atoms with Crippen LogP contribution in [0.5, 0.6) is 0 Å². The first kappa shape index (κ1) is 13.5. The smallest absolute Gasteiger partial charge is 0.232 e. The molecule has 0 amide bonds. The van der Waals surface area contributed by atoms with E-state index in [2.05, 4.69) is 78.0 Å². The van der Waals surface area contributed by atoms with Crippen molar-refractivity contribution in [3.63, 3.8) is 0 Å². The third kappa shape index (κ3) is 2.57. The highest BCUT2D eigenvalue weighted by atomic mass is 15.0. The van der Waals surface area contributed by atoms with E-state index in [1.807, 2.05) is 13.4 Å². The van der Waals surface area contributed by atoms with Crippen molar-refractivity contribution in [2.75, 3.05) is 0 Å². The van der Waals surface area contributed by atoms with Crippen LogP contribution in [0.1, 0.15) is 11.1 Å². The summed E-state index contributed by atoms with van der Waals surface area (Å²) in [7, 11) is 2.04. The van der Waals surface area contributed by atoms with Crippen LogP contribution in [0.3, 0.4) is 0 Å². The highest BCUT2D eigenvalue weighted by Gasteiger charge is 2.15. The predicted molar refractivity (Wildman–Crippen MR) is 85.8 cm³/mol. The molecule has 1 heterocycles. The van der Waals surface area contributed by atoms with Gasteiger partial charge in [0.25, 0.3) is 6.33 Å². The third-order valence-electron chi connectivity index (χ3n) is 3.87. The van der Waals surface area contributed by atoms with Gasteiger partial charge in [-0.1, -0.05) is 48.5 Å². The summed E-state index contributed by atoms with van der Waals surface area (Å²) in [6.45, 7) is 4.26. The molecule has 0 atom stereocenters. The lowest BCUT2D eigenvalue weighted by atomic mass is 10.0. The molecule has 3 aromatic rings. The molecule has 0 fully saturated rings. The Bertz CT molecular complexity index is 791. The lowest BCUT2D eigenvalue weighted by molar-refractivity contribution is -0.663. The second kappa shape index (κ2) is 5.49. The van der Waals surface area contributed by atoms with Crippen molar-refractivity contribution in [3.8, 4) is 22.5 Å². The van der Waals surface area contributed by atoms with E-state index in [1.165, 1.54) is 27.9 Å². The standard InChI is InChI=1S/C19H19N2/c1-14-8-4-6-10-16(14)18-12-19(21(3)13-20-18)17-11-7-5-9-15(17)2/h4-13H,1-3H3/q+1. The van der Waals surface area contributed by atoms with Gasteiger partial charge in [0, 0.05) is 17.2 Å². The van der Waals surface area contributed by atoms with Crippen molar-refractivity contribution in [2.24, 2.45) is 7.05 Å². The molecule has 2 nitrogen and oxygen atoms in total. The van der Waals surface area contributed by atoms with Crippen LogP contribution in [-0.4, -0.2) is 4.98 Å². The number of aromatic nitrogens is 2. The van der Waals surface area contributed by atoms with Gasteiger partial charge in [-0.15, -0.1) is 0 Å². The molecule has 0 bridgehead atoms. The lowest BCUT2D eigenvalue weighted by Crippen LogP contribution is -2.31. The summed E-state index contributed by atoms with van der Waals surface area (Å²) in [5, 5.41) is 0. The SMILES string of the molecule is Cc1ccccc1-c1cc(-c2ccccc2C)[n+](C)cn1. The first-order valence-corrected chi connectivity index (χ1v) is 7.14. The molecule has 0 aliphatic carbocycles. The van der Waals surface area contributed by atoms with Gasteiger partial charge in [-0.3, -0.25) is 0 Å². The van der Waals surface area contributed by atoms with E-state index in [0.717, 1.165) is 5.69 Å². The molecule has 0 aliphatic rings. The summed E-state index contributed by atoms with van der Waals surface area (Å²) in [6.07, 6.45) is 1.89. The van der Waals surface area contributed by atoms with Crippen LogP contribution >= 0.6 is 0 Å². The molecule has 21 heavy (non-hydrogen) atoms. The molecule has 3 rings (SSSR count). The minimum atomic E-state index is 1.02. The van der Waals surface area contributed by atoms with E-state index < -0.39 is 0 Å². The van der Waals surface area contributed by atoms with Crippen molar-refractivity contribution in [3.05, 3.63) is 72.1 Å². The van der Waals surface area contributed by atoms with Gasteiger partial charge < -0.3 is 0 Å². The van der Waals surface area contributed by atoms with Gasteiger partial charge >= 0.3 is 0 Å². The highest BCUT2D eigenvalue weighted by Crippen LogP contribution is 2.25. The van der Waals surface area contributed by atoms with Crippen LogP contribution < -0.4 is 4.57 Å². The van der Waals surface area contributed by atoms with Gasteiger partial charge in [0.1, 0.15) is 5.69 Å². The van der Waals surface area contributed by atoms with Crippen molar-refractivity contribution >= 4 is 0 Å². The fraction of sp³-hybridized carbons (Fsp3) is 0.158. The molecule has 2 heteroatoms. The normalized spacial score (nSPS) is 10.6. The molecule has 0 saturated heterocycles. The third-order valence-corrected chi connectivity index (χ3v) is 3.87. The van der Waals surface area contributed by atoms with Crippen LogP contribution in [0, 0.1) is 13.8 Å². The molecule has 0 radical (unpaired) electrons. The highest BCUT2D eigenvalue weighted by molar-refractivity contribution is 5.69. The van der Waals surface area contributed by atoms with E-state index in [4.69, 9.17) is 0 Å². The Hall–Kier alpha value is -2.48. The molecule has 0 unspecified atom stereocenters. The fourth-order valence-electron chi connectivity index (χ4n) is 2.62. The Morgan fingerprint density at radius 3 is 2.00 bits per heavy atom. The molecule has 104 valence electrons. The Balaban J connectivity index is 2.18. The van der Waals surface area contributed by atoms with Crippen LogP contribution in [0.4, 0.5) is 0 Å². The van der Waals surface area contributed by atoms with Crippen molar-refractivity contribution in [1.29, 1.82) is 0 Å². The minimum Gasteiger partial charge on any atom is -0.232 e. The second-order valence-electron chi connectivity index (χ2n) is 5.40. The Kier molecular flexibility index (Phi) is 3.53. The Morgan fingerprint density at radius 1 is 0.810 bits per heavy atom. The Labute approximate surface area is 125 Å². The molecule has 1 aromatic heterocycles. The van der Waals surface area contributed by atoms with E-state index in [0.29, 0.717) is 0 Å². The summed E-state index contributed by atoms with van der Waals surface area (Å²) in [5.74, 6) is 0. The summed E-state index contributed by atoms with van der Waals surface area (Å²) in [6, 6.07) is 19.0. The maximum absolute atomic E-state index is 4.59. The van der Waals surface area contributed by atoms with E-state index in [1.54, 1.807) is 0 Å². The van der Waals surface area contributed by atoms with Gasteiger partial charge in [-0.2, -0.15) is 0 Å². The summed E-state index contributed by atoms with van der Waals surface area (Å²) < 4.78 is 2.07. The molecular formula is C19H19N2+. The van der Waals surface area contributed by atoms with Gasteiger partial charge in [0.15, 0.2) is 5.69 Å². The summed E-state index contributed by atoms with van der Waals surface area (Å²) in [5.41, 5.74) is 7.15. The first-order chi connectivity index (χ1) is 10.2. The van der Waals surface area contributed by atoms with Gasteiger partial charge in [-0.05, 0) is 30.0 Å². The monoisotopic (exact) mass is 275 g/mol. The van der Waals surface area contributed by atoms with Crippen molar-refractivity contribution in [2.45, 2.75) is 13.8 Å². The molecular weight excluding hydrogens is 256 g/mol. The maximum atomic E-state index is 4.59. The maximum Gasteiger partial charge on any atom is 0.287 e. The summed E-state index contributed by atoms with van der Waals surface area (Å²) >= 11 is 0. The fourth-order valence-corrected chi connectivity index (χ4v) is 2.62. The van der Waals surface area contributed by atoms with Gasteiger partial charge in [0.05, 0.1) is 7.05 Å². The number of benzene rings is 2. The van der Waals surface area contributed by atoms with Crippen LogP contribution in [-0.2, 0) is 7.05 Å². The van der Waals surface area contributed by atoms with Crippen LogP contribution in [0.2, 0.25) is 0 Å². The zero-order chi connectivity index (χ0) is 14.8. The quantitative estimate of drug-likeness (QED) is 0.649. The topological polar surface area (TPSA) is 16.8 Å². The minimum absolute atomic E-state index is 1.02. The van der Waals surface area contributed by atoms with Crippen molar-refractivity contribution < 1.29 is 4.57 Å².